The maximum atomic E-state index is 3.45. The van der Waals surface area contributed by atoms with Gasteiger partial charge >= 0.3 is 0 Å². The quantitative estimate of drug-likeness (QED) is 0.887. The van der Waals surface area contributed by atoms with E-state index in [2.05, 4.69) is 62.3 Å². The van der Waals surface area contributed by atoms with Gasteiger partial charge in [-0.3, -0.25) is 0 Å². The maximum Gasteiger partial charge on any atom is 0.00704 e. The van der Waals surface area contributed by atoms with E-state index in [9.17, 15) is 0 Å². The number of nitrogens with one attached hydrogen (secondary N) is 1. The Hall–Kier alpha value is -0.860. The summed E-state index contributed by atoms with van der Waals surface area (Å²) in [5, 5.41) is 3.45. The highest BCUT2D eigenvalue weighted by atomic mass is 15.1. The normalized spacial score (nSPS) is 17.6. The third kappa shape index (κ3) is 4.32. The molecule has 1 aliphatic rings. The number of nitrogens with zero attached hydrogens (tertiary/aromatic N) is 1. The molecule has 1 aromatic rings. The van der Waals surface area contributed by atoms with Gasteiger partial charge in [-0.1, -0.05) is 43.7 Å². The fourth-order valence-corrected chi connectivity index (χ4v) is 3.34. The van der Waals surface area contributed by atoms with Crippen molar-refractivity contribution in [2.75, 3.05) is 33.2 Å². The van der Waals surface area contributed by atoms with Crippen LogP contribution in [0.1, 0.15) is 37.8 Å². The van der Waals surface area contributed by atoms with Gasteiger partial charge in [0.05, 0.1) is 0 Å². The van der Waals surface area contributed by atoms with Gasteiger partial charge in [0.2, 0.25) is 0 Å². The molecule has 1 aromatic carbocycles. The summed E-state index contributed by atoms with van der Waals surface area (Å²) in [5.74, 6) is 0.870. The maximum absolute atomic E-state index is 3.45. The summed E-state index contributed by atoms with van der Waals surface area (Å²) in [4.78, 5) is 2.52. The predicted molar refractivity (Wildman–Crippen MR) is 87.3 cm³/mol. The molecule has 2 nitrogen and oxygen atoms in total. The number of piperidine rings is 1. The lowest BCUT2D eigenvalue weighted by Gasteiger charge is -2.34. The Balaban J connectivity index is 1.91. The van der Waals surface area contributed by atoms with E-state index >= 15 is 0 Å². The number of likely N-dealkylation sites (N-methyl/N-ethyl adjacent to an activating group) is 1. The molecule has 2 rings (SSSR count). The molecule has 1 N–H and O–H groups in total. The highest BCUT2D eigenvalue weighted by molar-refractivity contribution is 5.27. The third-order valence-electron chi connectivity index (χ3n) is 4.53. The molecule has 1 heterocycles. The molecular weight excluding hydrogens is 244 g/mol. The van der Waals surface area contributed by atoms with Gasteiger partial charge in [-0.05, 0) is 51.4 Å². The van der Waals surface area contributed by atoms with Gasteiger partial charge in [-0.15, -0.1) is 0 Å². The number of aryl methyl sites for hydroxylation is 1. The zero-order valence-electron chi connectivity index (χ0n) is 13.6. The lowest BCUT2D eigenvalue weighted by molar-refractivity contribution is 0.208. The Labute approximate surface area is 124 Å². The summed E-state index contributed by atoms with van der Waals surface area (Å²) >= 11 is 0. The van der Waals surface area contributed by atoms with Crippen LogP contribution in [0.2, 0.25) is 0 Å². The molecule has 1 saturated heterocycles. The molecule has 1 aliphatic heterocycles. The standard InChI is InChI=1S/C18H30N2/c1-15-5-7-17(8-6-15)18(2,3)14-20(4)13-16-9-11-19-12-10-16/h5-8,16,19H,9-14H2,1-4H3. The van der Waals surface area contributed by atoms with E-state index in [4.69, 9.17) is 0 Å². The first kappa shape index (κ1) is 15.5. The smallest absolute Gasteiger partial charge is 0.00704 e. The van der Waals surface area contributed by atoms with Crippen LogP contribution in [0.4, 0.5) is 0 Å². The van der Waals surface area contributed by atoms with Crippen molar-refractivity contribution in [3.05, 3.63) is 35.4 Å². The van der Waals surface area contributed by atoms with Crippen molar-refractivity contribution in [2.45, 2.75) is 39.0 Å². The van der Waals surface area contributed by atoms with Crippen LogP contribution in [0, 0.1) is 12.8 Å². The molecule has 20 heavy (non-hydrogen) atoms. The molecule has 112 valence electrons. The summed E-state index contributed by atoms with van der Waals surface area (Å²) in [6.07, 6.45) is 2.66. The van der Waals surface area contributed by atoms with Gasteiger partial charge < -0.3 is 10.2 Å². The highest BCUT2D eigenvalue weighted by Crippen LogP contribution is 2.25. The van der Waals surface area contributed by atoms with Crippen molar-refractivity contribution in [3.8, 4) is 0 Å². The van der Waals surface area contributed by atoms with Crippen LogP contribution in [0.3, 0.4) is 0 Å². The first-order valence-corrected chi connectivity index (χ1v) is 7.94. The largest absolute Gasteiger partial charge is 0.317 e. The van der Waals surface area contributed by atoms with E-state index in [1.807, 2.05) is 0 Å². The lowest BCUT2D eigenvalue weighted by Crippen LogP contribution is -2.39. The van der Waals surface area contributed by atoms with Crippen LogP contribution in [0.25, 0.3) is 0 Å². The van der Waals surface area contributed by atoms with Crippen LogP contribution in [0.5, 0.6) is 0 Å². The van der Waals surface area contributed by atoms with Crippen molar-refractivity contribution in [1.82, 2.24) is 10.2 Å². The zero-order chi connectivity index (χ0) is 14.6. The third-order valence-corrected chi connectivity index (χ3v) is 4.53. The summed E-state index contributed by atoms with van der Waals surface area (Å²) in [7, 11) is 2.28. The van der Waals surface area contributed by atoms with Crippen molar-refractivity contribution in [3.63, 3.8) is 0 Å². The Morgan fingerprint density at radius 1 is 1.15 bits per heavy atom. The van der Waals surface area contributed by atoms with Gasteiger partial charge in [0.15, 0.2) is 0 Å². The molecule has 2 heteroatoms. The molecule has 0 amide bonds. The SMILES string of the molecule is Cc1ccc(C(C)(C)CN(C)CC2CCNCC2)cc1. The number of rotatable bonds is 5. The minimum absolute atomic E-state index is 0.218. The summed E-state index contributed by atoms with van der Waals surface area (Å²) in [5.41, 5.74) is 3.00. The van der Waals surface area contributed by atoms with Crippen LogP contribution >= 0.6 is 0 Å². The monoisotopic (exact) mass is 274 g/mol. The van der Waals surface area contributed by atoms with E-state index < -0.39 is 0 Å². The molecule has 0 aliphatic carbocycles. The fraction of sp³-hybridized carbons (Fsp3) is 0.667. The molecule has 0 radical (unpaired) electrons. The van der Waals surface area contributed by atoms with E-state index in [0.717, 1.165) is 12.5 Å². The Morgan fingerprint density at radius 2 is 1.75 bits per heavy atom. The zero-order valence-corrected chi connectivity index (χ0v) is 13.6. The minimum atomic E-state index is 0.218. The summed E-state index contributed by atoms with van der Waals surface area (Å²) < 4.78 is 0. The van der Waals surface area contributed by atoms with Gasteiger partial charge in [-0.25, -0.2) is 0 Å². The number of hydrogen-bond donors (Lipinski definition) is 1. The van der Waals surface area contributed by atoms with Crippen molar-refractivity contribution >= 4 is 0 Å². The van der Waals surface area contributed by atoms with Gasteiger partial charge in [-0.2, -0.15) is 0 Å². The second-order valence-electron chi connectivity index (χ2n) is 7.14. The average molecular weight is 274 g/mol. The van der Waals surface area contributed by atoms with Crippen molar-refractivity contribution in [1.29, 1.82) is 0 Å². The molecule has 0 aromatic heterocycles. The number of benzene rings is 1. The molecule has 1 fully saturated rings. The Morgan fingerprint density at radius 3 is 2.35 bits per heavy atom. The molecule has 0 atom stereocenters. The molecule has 0 unspecified atom stereocenters. The summed E-state index contributed by atoms with van der Waals surface area (Å²) in [6.45, 7) is 11.6. The van der Waals surface area contributed by atoms with Gasteiger partial charge in [0.25, 0.3) is 0 Å². The van der Waals surface area contributed by atoms with Crippen LogP contribution in [0.15, 0.2) is 24.3 Å². The predicted octanol–water partition coefficient (Wildman–Crippen LogP) is 3.20. The fourth-order valence-electron chi connectivity index (χ4n) is 3.34. The molecule has 0 spiro atoms. The van der Waals surface area contributed by atoms with Crippen molar-refractivity contribution < 1.29 is 0 Å². The summed E-state index contributed by atoms with van der Waals surface area (Å²) in [6, 6.07) is 9.02. The Kier molecular flexibility index (Phi) is 5.22. The van der Waals surface area contributed by atoms with Gasteiger partial charge in [0, 0.05) is 18.5 Å². The van der Waals surface area contributed by atoms with E-state index in [-0.39, 0.29) is 5.41 Å². The highest BCUT2D eigenvalue weighted by Gasteiger charge is 2.24. The van der Waals surface area contributed by atoms with E-state index in [1.165, 1.54) is 43.6 Å². The van der Waals surface area contributed by atoms with Crippen LogP contribution < -0.4 is 5.32 Å². The topological polar surface area (TPSA) is 15.3 Å². The second kappa shape index (κ2) is 6.73. The molecule has 0 saturated carbocycles. The first-order valence-electron chi connectivity index (χ1n) is 7.94. The first-order chi connectivity index (χ1) is 9.47. The van der Waals surface area contributed by atoms with Crippen LogP contribution in [-0.4, -0.2) is 38.1 Å². The average Bonchev–Trinajstić information content (AvgIpc) is 2.39. The van der Waals surface area contributed by atoms with Gasteiger partial charge in [0.1, 0.15) is 0 Å². The van der Waals surface area contributed by atoms with Crippen LogP contribution in [-0.2, 0) is 5.41 Å². The Bertz CT molecular complexity index is 402. The van der Waals surface area contributed by atoms with Crippen molar-refractivity contribution in [2.24, 2.45) is 5.92 Å². The lowest BCUT2D eigenvalue weighted by atomic mass is 9.83. The second-order valence-corrected chi connectivity index (χ2v) is 7.14. The van der Waals surface area contributed by atoms with E-state index in [1.54, 1.807) is 0 Å². The minimum Gasteiger partial charge on any atom is -0.317 e. The van der Waals surface area contributed by atoms with E-state index in [0.29, 0.717) is 0 Å². The molecular formula is C18H30N2. The number of hydrogen-bond acceptors (Lipinski definition) is 2. The molecule has 0 bridgehead atoms.